The first-order chi connectivity index (χ1) is 24.0. The topological polar surface area (TPSA) is 161 Å². The SMILES string of the molecule is CCCCCn1cnc2cc(C(=O)NC[C@H]3O[C@@H](n4cnc5c(NCc6ccc(Oc7ccccc7)cc6)ncnc54)[C@H](O)[C@@H]3O)ccc21. The normalized spacial score (nSPS) is 19.0. The molecule has 13 nitrogen and oxygen atoms in total. The summed E-state index contributed by atoms with van der Waals surface area (Å²) in [6.07, 6.45) is 3.69. The second-order valence-corrected chi connectivity index (χ2v) is 12.1. The van der Waals surface area contributed by atoms with Crippen LogP contribution in [0.2, 0.25) is 0 Å². The number of amides is 1. The molecule has 0 bridgehead atoms. The number of aliphatic hydroxyl groups is 2. The molecule has 4 atom stereocenters. The molecule has 252 valence electrons. The third-order valence-electron chi connectivity index (χ3n) is 8.68. The number of aromatic nitrogens is 6. The van der Waals surface area contributed by atoms with E-state index in [1.807, 2.05) is 60.7 Å². The lowest BCUT2D eigenvalue weighted by atomic mass is 10.1. The number of hydrogen-bond acceptors (Lipinski definition) is 10. The zero-order chi connectivity index (χ0) is 33.7. The van der Waals surface area contributed by atoms with Crippen molar-refractivity contribution in [2.24, 2.45) is 0 Å². The maximum absolute atomic E-state index is 13.0. The number of rotatable bonds is 13. The minimum atomic E-state index is -1.28. The van der Waals surface area contributed by atoms with Gasteiger partial charge in [0.2, 0.25) is 0 Å². The molecule has 0 saturated carbocycles. The number of aliphatic hydroxyl groups excluding tert-OH is 2. The molecule has 4 N–H and O–H groups in total. The summed E-state index contributed by atoms with van der Waals surface area (Å²) in [5.74, 6) is 1.68. The number of unbranched alkanes of at least 4 members (excludes halogenated alkanes) is 2. The number of carbonyl (C=O) groups is 1. The fraction of sp³-hybridized carbons (Fsp3) is 0.306. The summed E-state index contributed by atoms with van der Waals surface area (Å²) in [5.41, 5.74) is 4.08. The first kappa shape index (κ1) is 32.2. The summed E-state index contributed by atoms with van der Waals surface area (Å²) >= 11 is 0. The van der Waals surface area contributed by atoms with Gasteiger partial charge < -0.3 is 34.9 Å². The minimum Gasteiger partial charge on any atom is -0.457 e. The number of fused-ring (bicyclic) bond motifs is 2. The average Bonchev–Trinajstić information content (AvgIpc) is 3.83. The van der Waals surface area contributed by atoms with Crippen LogP contribution in [0.15, 0.2) is 91.8 Å². The van der Waals surface area contributed by atoms with Gasteiger partial charge in [0.25, 0.3) is 5.91 Å². The van der Waals surface area contributed by atoms with Gasteiger partial charge in [0.15, 0.2) is 23.2 Å². The molecule has 1 fully saturated rings. The van der Waals surface area contributed by atoms with Gasteiger partial charge in [-0.05, 0) is 54.4 Å². The lowest BCUT2D eigenvalue weighted by molar-refractivity contribution is -0.0337. The molecule has 4 heterocycles. The first-order valence-corrected chi connectivity index (χ1v) is 16.5. The van der Waals surface area contributed by atoms with Crippen LogP contribution in [0.4, 0.5) is 5.82 Å². The fourth-order valence-corrected chi connectivity index (χ4v) is 5.99. The van der Waals surface area contributed by atoms with E-state index in [2.05, 4.69) is 42.1 Å². The number of ether oxygens (including phenoxy) is 2. The Morgan fingerprint density at radius 2 is 1.73 bits per heavy atom. The predicted octanol–water partition coefficient (Wildman–Crippen LogP) is 4.82. The average molecular weight is 663 g/mol. The Morgan fingerprint density at radius 3 is 2.55 bits per heavy atom. The van der Waals surface area contributed by atoms with Gasteiger partial charge >= 0.3 is 0 Å². The van der Waals surface area contributed by atoms with Crippen molar-refractivity contribution in [1.82, 2.24) is 34.4 Å². The van der Waals surface area contributed by atoms with Crippen molar-refractivity contribution in [3.05, 3.63) is 103 Å². The minimum absolute atomic E-state index is 0.0132. The summed E-state index contributed by atoms with van der Waals surface area (Å²) in [6.45, 7) is 3.51. The Kier molecular flexibility index (Phi) is 9.46. The van der Waals surface area contributed by atoms with Gasteiger partial charge in [-0.15, -0.1) is 0 Å². The third-order valence-corrected chi connectivity index (χ3v) is 8.68. The molecular weight excluding hydrogens is 624 g/mol. The van der Waals surface area contributed by atoms with Crippen molar-refractivity contribution in [2.75, 3.05) is 11.9 Å². The Labute approximate surface area is 282 Å². The molecule has 0 aliphatic carbocycles. The lowest BCUT2D eigenvalue weighted by Gasteiger charge is -2.16. The summed E-state index contributed by atoms with van der Waals surface area (Å²) in [4.78, 5) is 30.7. The van der Waals surface area contributed by atoms with E-state index in [0.29, 0.717) is 29.1 Å². The Balaban J connectivity index is 0.971. The van der Waals surface area contributed by atoms with E-state index in [-0.39, 0.29) is 12.5 Å². The van der Waals surface area contributed by atoms with E-state index in [1.165, 1.54) is 12.7 Å². The van der Waals surface area contributed by atoms with Crippen LogP contribution in [0.25, 0.3) is 22.2 Å². The van der Waals surface area contributed by atoms with Crippen LogP contribution < -0.4 is 15.4 Å². The van der Waals surface area contributed by atoms with Crippen LogP contribution in [-0.4, -0.2) is 70.0 Å². The number of aryl methyl sites for hydroxylation is 1. The van der Waals surface area contributed by atoms with Crippen LogP contribution in [0, 0.1) is 0 Å². The Morgan fingerprint density at radius 1 is 0.918 bits per heavy atom. The van der Waals surface area contributed by atoms with Crippen molar-refractivity contribution < 1.29 is 24.5 Å². The number of benzene rings is 3. The van der Waals surface area contributed by atoms with Gasteiger partial charge in [-0.3, -0.25) is 9.36 Å². The highest BCUT2D eigenvalue weighted by molar-refractivity contribution is 5.97. The number of anilines is 1. The molecule has 0 spiro atoms. The van der Waals surface area contributed by atoms with Gasteiger partial charge in [0, 0.05) is 25.2 Å². The molecule has 1 amide bonds. The first-order valence-electron chi connectivity index (χ1n) is 16.5. The lowest BCUT2D eigenvalue weighted by Crippen LogP contribution is -2.39. The molecule has 0 radical (unpaired) electrons. The van der Waals surface area contributed by atoms with E-state index in [0.717, 1.165) is 53.9 Å². The number of nitrogens with one attached hydrogen (secondary N) is 2. The maximum Gasteiger partial charge on any atom is 0.251 e. The van der Waals surface area contributed by atoms with Crippen molar-refractivity contribution in [1.29, 1.82) is 0 Å². The summed E-state index contributed by atoms with van der Waals surface area (Å²) in [5, 5.41) is 27.9. The molecular formula is C36H38N8O5. The van der Waals surface area contributed by atoms with E-state index in [9.17, 15) is 15.0 Å². The number of carbonyl (C=O) groups excluding carboxylic acids is 1. The molecule has 13 heteroatoms. The zero-order valence-electron chi connectivity index (χ0n) is 27.0. The second kappa shape index (κ2) is 14.4. The largest absolute Gasteiger partial charge is 0.457 e. The van der Waals surface area contributed by atoms with Gasteiger partial charge in [0.05, 0.1) is 23.7 Å². The van der Waals surface area contributed by atoms with E-state index >= 15 is 0 Å². The van der Waals surface area contributed by atoms with Gasteiger partial charge in [0.1, 0.15) is 36.1 Å². The molecule has 0 unspecified atom stereocenters. The van der Waals surface area contributed by atoms with Gasteiger partial charge in [-0.25, -0.2) is 19.9 Å². The Bertz CT molecular complexity index is 2030. The summed E-state index contributed by atoms with van der Waals surface area (Å²) in [6, 6.07) is 22.7. The van der Waals surface area contributed by atoms with E-state index < -0.39 is 24.5 Å². The van der Waals surface area contributed by atoms with Crippen LogP contribution in [0.5, 0.6) is 11.5 Å². The summed E-state index contributed by atoms with van der Waals surface area (Å²) in [7, 11) is 0. The van der Waals surface area contributed by atoms with Crippen molar-refractivity contribution >= 4 is 33.9 Å². The van der Waals surface area contributed by atoms with Crippen molar-refractivity contribution in [3.63, 3.8) is 0 Å². The highest BCUT2D eigenvalue weighted by Crippen LogP contribution is 2.32. The number of imidazole rings is 2. The maximum atomic E-state index is 13.0. The number of nitrogens with zero attached hydrogens (tertiary/aromatic N) is 6. The van der Waals surface area contributed by atoms with Crippen LogP contribution in [-0.2, 0) is 17.8 Å². The zero-order valence-corrected chi connectivity index (χ0v) is 27.0. The molecule has 1 aliphatic heterocycles. The number of para-hydroxylation sites is 1. The Hall–Kier alpha value is -5.37. The molecule has 49 heavy (non-hydrogen) atoms. The van der Waals surface area contributed by atoms with Gasteiger partial charge in [-0.1, -0.05) is 50.1 Å². The monoisotopic (exact) mass is 662 g/mol. The molecule has 7 rings (SSSR count). The fourth-order valence-electron chi connectivity index (χ4n) is 5.99. The third kappa shape index (κ3) is 6.95. The number of hydrogen-bond donors (Lipinski definition) is 4. The smallest absolute Gasteiger partial charge is 0.251 e. The van der Waals surface area contributed by atoms with Crippen molar-refractivity contribution in [3.8, 4) is 11.5 Å². The second-order valence-electron chi connectivity index (χ2n) is 12.1. The van der Waals surface area contributed by atoms with E-state index in [4.69, 9.17) is 9.47 Å². The quantitative estimate of drug-likeness (QED) is 0.126. The van der Waals surface area contributed by atoms with Gasteiger partial charge in [-0.2, -0.15) is 0 Å². The summed E-state index contributed by atoms with van der Waals surface area (Å²) < 4.78 is 15.6. The molecule has 3 aromatic carbocycles. The molecule has 1 aliphatic rings. The van der Waals surface area contributed by atoms with Crippen molar-refractivity contribution in [2.45, 2.75) is 63.8 Å². The molecule has 1 saturated heterocycles. The highest BCUT2D eigenvalue weighted by atomic mass is 16.6. The highest BCUT2D eigenvalue weighted by Gasteiger charge is 2.44. The standard InChI is InChI=1S/C36H38N8O5/c1-2-3-7-16-43-21-41-27-17-24(12-15-28(27)43)35(47)38-19-29-31(45)32(46)36(49-29)44-22-42-30-33(39-20-40-34(30)44)37-18-23-10-13-26(14-11-23)48-25-8-5-4-6-9-25/h4-6,8-15,17,20-22,29,31-32,36,45-46H,2-3,7,16,18-19H2,1H3,(H,38,47)(H,37,39,40)/t29-,31-,32-,36-/m1/s1. The van der Waals surface area contributed by atoms with Crippen LogP contribution in [0.1, 0.15) is 48.3 Å². The van der Waals surface area contributed by atoms with Crippen LogP contribution >= 0.6 is 0 Å². The van der Waals surface area contributed by atoms with Crippen LogP contribution in [0.3, 0.4) is 0 Å². The molecule has 3 aromatic heterocycles. The van der Waals surface area contributed by atoms with E-state index in [1.54, 1.807) is 23.0 Å². The molecule has 6 aromatic rings. The predicted molar refractivity (Wildman–Crippen MR) is 183 cm³/mol.